The summed E-state index contributed by atoms with van der Waals surface area (Å²) >= 11 is 7.64. The van der Waals surface area contributed by atoms with Crippen molar-refractivity contribution in [1.29, 1.82) is 0 Å². The predicted octanol–water partition coefficient (Wildman–Crippen LogP) is 2.02. The van der Waals surface area contributed by atoms with Gasteiger partial charge in [-0.1, -0.05) is 11.6 Å². The van der Waals surface area contributed by atoms with Gasteiger partial charge >= 0.3 is 0 Å². The van der Waals surface area contributed by atoms with Crippen LogP contribution in [0.1, 0.15) is 16.8 Å². The van der Waals surface area contributed by atoms with Crippen molar-refractivity contribution < 1.29 is 9.59 Å². The number of benzene rings is 1. The number of hydrogen-bond donors (Lipinski definition) is 1. The first-order valence-electron chi connectivity index (χ1n) is 6.01. The van der Waals surface area contributed by atoms with Gasteiger partial charge in [-0.05, 0) is 30.9 Å². The van der Waals surface area contributed by atoms with Crippen molar-refractivity contribution in [2.75, 3.05) is 25.9 Å². The molecule has 2 rings (SSSR count). The number of rotatable bonds is 2. The van der Waals surface area contributed by atoms with Crippen molar-refractivity contribution in [1.82, 2.24) is 10.2 Å². The van der Waals surface area contributed by atoms with Crippen LogP contribution in [0.15, 0.2) is 23.1 Å². The van der Waals surface area contributed by atoms with E-state index >= 15 is 0 Å². The van der Waals surface area contributed by atoms with E-state index < -0.39 is 0 Å². The van der Waals surface area contributed by atoms with E-state index in [9.17, 15) is 9.59 Å². The minimum atomic E-state index is -0.182. The molecule has 0 saturated carbocycles. The average Bonchev–Trinajstić information content (AvgIpc) is 2.63. The van der Waals surface area contributed by atoms with Gasteiger partial charge in [0.2, 0.25) is 5.91 Å². The van der Waals surface area contributed by atoms with E-state index in [0.717, 1.165) is 11.3 Å². The van der Waals surface area contributed by atoms with Gasteiger partial charge in [0.15, 0.2) is 0 Å². The number of carbonyl (C=O) groups is 2. The molecule has 0 aliphatic carbocycles. The summed E-state index contributed by atoms with van der Waals surface area (Å²) < 4.78 is 0. The second-order valence-electron chi connectivity index (χ2n) is 4.28. The molecule has 6 heteroatoms. The minimum absolute atomic E-state index is 0.0959. The Morgan fingerprint density at radius 2 is 2.26 bits per heavy atom. The fourth-order valence-corrected chi connectivity index (χ4v) is 2.58. The largest absolute Gasteiger partial charge is 0.354 e. The van der Waals surface area contributed by atoms with E-state index in [4.69, 9.17) is 11.6 Å². The predicted molar refractivity (Wildman–Crippen MR) is 76.8 cm³/mol. The smallest absolute Gasteiger partial charge is 0.255 e. The quantitative estimate of drug-likeness (QED) is 0.850. The maximum Gasteiger partial charge on any atom is 0.255 e. The molecule has 1 aromatic carbocycles. The Morgan fingerprint density at radius 3 is 3.00 bits per heavy atom. The third-order valence-corrected chi connectivity index (χ3v) is 4.01. The Morgan fingerprint density at radius 1 is 1.47 bits per heavy atom. The number of nitrogens with zero attached hydrogens (tertiary/aromatic N) is 1. The fraction of sp³-hybridized carbons (Fsp3) is 0.385. The van der Waals surface area contributed by atoms with Crippen LogP contribution in [0, 0.1) is 0 Å². The summed E-state index contributed by atoms with van der Waals surface area (Å²) in [6.45, 7) is 1.28. The molecule has 1 fully saturated rings. The molecule has 0 spiro atoms. The van der Waals surface area contributed by atoms with Gasteiger partial charge in [0, 0.05) is 18.0 Å². The molecule has 1 N–H and O–H groups in total. The SMILES string of the molecule is CSc1ccc(Cl)c(C(=O)N2CCCNC(=O)C2)c1. The minimum Gasteiger partial charge on any atom is -0.354 e. The summed E-state index contributed by atoms with van der Waals surface area (Å²) in [7, 11) is 0. The molecular formula is C13H15ClN2O2S. The van der Waals surface area contributed by atoms with E-state index in [1.165, 1.54) is 0 Å². The second kappa shape index (κ2) is 6.30. The second-order valence-corrected chi connectivity index (χ2v) is 5.56. The summed E-state index contributed by atoms with van der Waals surface area (Å²) in [6, 6.07) is 5.37. The van der Waals surface area contributed by atoms with E-state index in [0.29, 0.717) is 23.7 Å². The average molecular weight is 299 g/mol. The van der Waals surface area contributed by atoms with Gasteiger partial charge in [0.25, 0.3) is 5.91 Å². The lowest BCUT2D eigenvalue weighted by Gasteiger charge is -2.20. The van der Waals surface area contributed by atoms with Crippen molar-refractivity contribution in [2.45, 2.75) is 11.3 Å². The Labute approximate surface area is 121 Å². The van der Waals surface area contributed by atoms with Gasteiger partial charge in [-0.15, -0.1) is 11.8 Å². The van der Waals surface area contributed by atoms with Crippen LogP contribution in [-0.4, -0.2) is 42.6 Å². The maximum atomic E-state index is 12.4. The van der Waals surface area contributed by atoms with Crippen LogP contribution < -0.4 is 5.32 Å². The first kappa shape index (κ1) is 14.2. The number of hydrogen-bond acceptors (Lipinski definition) is 3. The van der Waals surface area contributed by atoms with Crippen LogP contribution in [0.4, 0.5) is 0 Å². The molecule has 0 bridgehead atoms. The molecule has 19 heavy (non-hydrogen) atoms. The number of thioether (sulfide) groups is 1. The zero-order valence-corrected chi connectivity index (χ0v) is 12.2. The molecule has 0 atom stereocenters. The highest BCUT2D eigenvalue weighted by molar-refractivity contribution is 7.98. The maximum absolute atomic E-state index is 12.4. The Hall–Kier alpha value is -1.20. The number of amides is 2. The van der Waals surface area contributed by atoms with E-state index in [1.54, 1.807) is 28.8 Å². The van der Waals surface area contributed by atoms with Crippen LogP contribution in [0.25, 0.3) is 0 Å². The molecule has 1 heterocycles. The molecule has 2 amide bonds. The normalized spacial score (nSPS) is 15.9. The fourth-order valence-electron chi connectivity index (χ4n) is 1.94. The zero-order valence-electron chi connectivity index (χ0n) is 10.6. The van der Waals surface area contributed by atoms with Crippen molar-refractivity contribution in [2.24, 2.45) is 0 Å². The molecule has 0 unspecified atom stereocenters. The third kappa shape index (κ3) is 3.42. The van der Waals surface area contributed by atoms with Crippen LogP contribution in [0.2, 0.25) is 5.02 Å². The standard InChI is InChI=1S/C13H15ClN2O2S/c1-19-9-3-4-11(14)10(7-9)13(18)16-6-2-5-15-12(17)8-16/h3-4,7H,2,5-6,8H2,1H3,(H,15,17). The summed E-state index contributed by atoms with van der Waals surface area (Å²) in [5.41, 5.74) is 0.461. The van der Waals surface area contributed by atoms with Crippen LogP contribution in [-0.2, 0) is 4.79 Å². The van der Waals surface area contributed by atoms with Gasteiger partial charge in [0.05, 0.1) is 17.1 Å². The first-order valence-corrected chi connectivity index (χ1v) is 7.61. The molecule has 1 aliphatic rings. The van der Waals surface area contributed by atoms with E-state index in [1.807, 2.05) is 12.3 Å². The van der Waals surface area contributed by atoms with Crippen molar-refractivity contribution >= 4 is 35.2 Å². The van der Waals surface area contributed by atoms with E-state index in [2.05, 4.69) is 5.32 Å². The molecule has 4 nitrogen and oxygen atoms in total. The van der Waals surface area contributed by atoms with Crippen LogP contribution >= 0.6 is 23.4 Å². The Balaban J connectivity index is 2.24. The summed E-state index contributed by atoms with van der Waals surface area (Å²) in [5, 5.41) is 3.17. The monoisotopic (exact) mass is 298 g/mol. The van der Waals surface area contributed by atoms with Gasteiger partial charge in [0.1, 0.15) is 0 Å². The van der Waals surface area contributed by atoms with E-state index in [-0.39, 0.29) is 18.4 Å². The van der Waals surface area contributed by atoms with Crippen molar-refractivity contribution in [3.63, 3.8) is 0 Å². The lowest BCUT2D eigenvalue weighted by Crippen LogP contribution is -2.37. The van der Waals surface area contributed by atoms with Gasteiger partial charge in [-0.25, -0.2) is 0 Å². The molecule has 0 aromatic heterocycles. The van der Waals surface area contributed by atoms with Gasteiger partial charge < -0.3 is 10.2 Å². The van der Waals surface area contributed by atoms with Gasteiger partial charge in [-0.2, -0.15) is 0 Å². The van der Waals surface area contributed by atoms with Crippen molar-refractivity contribution in [3.8, 4) is 0 Å². The van der Waals surface area contributed by atoms with Crippen molar-refractivity contribution in [3.05, 3.63) is 28.8 Å². The number of carbonyl (C=O) groups excluding carboxylic acids is 2. The summed E-state index contributed by atoms with van der Waals surface area (Å²) in [4.78, 5) is 26.5. The highest BCUT2D eigenvalue weighted by Crippen LogP contribution is 2.24. The molecule has 1 aromatic rings. The topological polar surface area (TPSA) is 49.4 Å². The Bertz CT molecular complexity index is 507. The lowest BCUT2D eigenvalue weighted by molar-refractivity contribution is -0.121. The van der Waals surface area contributed by atoms with Gasteiger partial charge in [-0.3, -0.25) is 9.59 Å². The molecule has 102 valence electrons. The Kier molecular flexibility index (Phi) is 4.71. The molecular weight excluding hydrogens is 284 g/mol. The lowest BCUT2D eigenvalue weighted by atomic mass is 10.2. The summed E-state index contributed by atoms with van der Waals surface area (Å²) in [6.07, 6.45) is 2.70. The highest BCUT2D eigenvalue weighted by Gasteiger charge is 2.22. The summed E-state index contributed by atoms with van der Waals surface area (Å²) in [5.74, 6) is -0.305. The number of nitrogens with one attached hydrogen (secondary N) is 1. The highest BCUT2D eigenvalue weighted by atomic mass is 35.5. The third-order valence-electron chi connectivity index (χ3n) is 2.95. The zero-order chi connectivity index (χ0) is 13.8. The number of halogens is 1. The first-order chi connectivity index (χ1) is 9.11. The molecule has 0 radical (unpaired) electrons. The van der Waals surface area contributed by atoms with Crippen LogP contribution in [0.3, 0.4) is 0 Å². The van der Waals surface area contributed by atoms with Crippen LogP contribution in [0.5, 0.6) is 0 Å². The molecule has 1 saturated heterocycles. The molecule has 1 aliphatic heterocycles.